The van der Waals surface area contributed by atoms with Crippen LogP contribution in [0.3, 0.4) is 0 Å². The number of ether oxygens (including phenoxy) is 2. The van der Waals surface area contributed by atoms with Gasteiger partial charge in [-0.15, -0.1) is 11.3 Å². The molecule has 2 heterocycles. The molecule has 2 rings (SSSR count). The summed E-state index contributed by atoms with van der Waals surface area (Å²) in [6.07, 6.45) is -0.0845. The summed E-state index contributed by atoms with van der Waals surface area (Å²) in [6.45, 7) is 2.87. The fourth-order valence-corrected chi connectivity index (χ4v) is 2.30. The highest BCUT2D eigenvalue weighted by molar-refractivity contribution is 7.13. The fourth-order valence-electron chi connectivity index (χ4n) is 1.61. The van der Waals surface area contributed by atoms with Crippen LogP contribution in [0.25, 0.3) is 0 Å². The number of nitrogens with zero attached hydrogens (tertiary/aromatic N) is 1. The van der Waals surface area contributed by atoms with Crippen LogP contribution in [0.2, 0.25) is 0 Å². The summed E-state index contributed by atoms with van der Waals surface area (Å²) in [6, 6.07) is -0.391. The van der Waals surface area contributed by atoms with Gasteiger partial charge in [-0.2, -0.15) is 0 Å². The van der Waals surface area contributed by atoms with E-state index in [0.29, 0.717) is 18.3 Å². The molecule has 0 spiro atoms. The summed E-state index contributed by atoms with van der Waals surface area (Å²) in [5, 5.41) is 7.96. The summed E-state index contributed by atoms with van der Waals surface area (Å²) in [5.41, 5.74) is 0.893. The van der Waals surface area contributed by atoms with Gasteiger partial charge in [0.1, 0.15) is 6.10 Å². The molecule has 0 saturated carbocycles. The van der Waals surface area contributed by atoms with Crippen LogP contribution in [0.15, 0.2) is 5.38 Å². The maximum atomic E-state index is 11.7. The number of anilines is 1. The number of hydrogen-bond donors (Lipinski definition) is 2. The Morgan fingerprint density at radius 3 is 3.12 bits per heavy atom. The monoisotopic (exact) mass is 257 g/mol. The zero-order valence-corrected chi connectivity index (χ0v) is 10.5. The van der Waals surface area contributed by atoms with Crippen molar-refractivity contribution in [2.75, 3.05) is 25.6 Å². The summed E-state index contributed by atoms with van der Waals surface area (Å²) in [5.74, 6) is 0. The molecule has 0 aliphatic carbocycles. The first-order valence-electron chi connectivity index (χ1n) is 5.29. The molecule has 2 atom stereocenters. The van der Waals surface area contributed by atoms with Crippen LogP contribution < -0.4 is 10.6 Å². The van der Waals surface area contributed by atoms with Gasteiger partial charge in [-0.1, -0.05) is 0 Å². The Kier molecular flexibility index (Phi) is 3.93. The predicted octanol–water partition coefficient (Wildman–Crippen LogP) is 0.987. The molecule has 0 bridgehead atoms. The number of aromatic nitrogens is 1. The molecule has 94 valence electrons. The van der Waals surface area contributed by atoms with Gasteiger partial charge in [0.2, 0.25) is 0 Å². The number of thiazole rings is 1. The maximum Gasteiger partial charge on any atom is 0.321 e. The zero-order valence-electron chi connectivity index (χ0n) is 9.73. The molecule has 2 N–H and O–H groups in total. The van der Waals surface area contributed by atoms with Gasteiger partial charge >= 0.3 is 6.03 Å². The second-order valence-corrected chi connectivity index (χ2v) is 4.67. The molecule has 0 unspecified atom stereocenters. The normalized spacial score (nSPS) is 23.6. The van der Waals surface area contributed by atoms with Crippen LogP contribution in [0.5, 0.6) is 0 Å². The number of amides is 2. The molecule has 1 aliphatic rings. The van der Waals surface area contributed by atoms with E-state index in [1.54, 1.807) is 7.11 Å². The van der Waals surface area contributed by atoms with Crippen molar-refractivity contribution in [1.82, 2.24) is 10.3 Å². The van der Waals surface area contributed by atoms with Crippen molar-refractivity contribution < 1.29 is 14.3 Å². The minimum absolute atomic E-state index is 0.0845. The summed E-state index contributed by atoms with van der Waals surface area (Å²) >= 11 is 1.40. The maximum absolute atomic E-state index is 11.7. The van der Waals surface area contributed by atoms with Gasteiger partial charge in [0.25, 0.3) is 0 Å². The highest BCUT2D eigenvalue weighted by Crippen LogP contribution is 2.14. The van der Waals surface area contributed by atoms with Gasteiger partial charge in [0.05, 0.1) is 24.9 Å². The van der Waals surface area contributed by atoms with Crippen molar-refractivity contribution in [2.45, 2.75) is 19.1 Å². The summed E-state index contributed by atoms with van der Waals surface area (Å²) in [7, 11) is 1.61. The Morgan fingerprint density at radius 2 is 2.47 bits per heavy atom. The molecule has 1 saturated heterocycles. The smallest absolute Gasteiger partial charge is 0.321 e. The van der Waals surface area contributed by atoms with E-state index in [-0.39, 0.29) is 18.2 Å². The molecule has 1 aromatic heterocycles. The van der Waals surface area contributed by atoms with Crippen LogP contribution in [-0.2, 0) is 9.47 Å². The van der Waals surface area contributed by atoms with E-state index in [4.69, 9.17) is 9.47 Å². The SMILES string of the molecule is CO[C@@H]1COC[C@@H]1NC(=O)Nc1nc(C)cs1. The quantitative estimate of drug-likeness (QED) is 0.847. The van der Waals surface area contributed by atoms with Gasteiger partial charge in [0.15, 0.2) is 5.13 Å². The van der Waals surface area contributed by atoms with Crippen LogP contribution in [0, 0.1) is 6.92 Å². The minimum Gasteiger partial charge on any atom is -0.377 e. The molecule has 1 aromatic rings. The van der Waals surface area contributed by atoms with Crippen molar-refractivity contribution in [3.8, 4) is 0 Å². The number of methoxy groups -OCH3 is 1. The number of nitrogens with one attached hydrogen (secondary N) is 2. The number of aryl methyl sites for hydroxylation is 1. The first kappa shape index (κ1) is 12.3. The number of urea groups is 1. The average Bonchev–Trinajstić information content (AvgIpc) is 2.87. The van der Waals surface area contributed by atoms with E-state index in [2.05, 4.69) is 15.6 Å². The molecule has 2 amide bonds. The lowest BCUT2D eigenvalue weighted by molar-refractivity contribution is 0.0748. The molecule has 0 aromatic carbocycles. The first-order chi connectivity index (χ1) is 8.19. The van der Waals surface area contributed by atoms with Crippen molar-refractivity contribution in [2.24, 2.45) is 0 Å². The minimum atomic E-state index is -0.281. The number of carbonyl (C=O) groups is 1. The van der Waals surface area contributed by atoms with Crippen molar-refractivity contribution >= 4 is 22.5 Å². The van der Waals surface area contributed by atoms with Crippen molar-refractivity contribution in [3.63, 3.8) is 0 Å². The molecular formula is C10H15N3O3S. The Bertz CT molecular complexity index is 396. The van der Waals surface area contributed by atoms with E-state index in [1.165, 1.54) is 11.3 Å². The Morgan fingerprint density at radius 1 is 1.65 bits per heavy atom. The van der Waals surface area contributed by atoms with Crippen molar-refractivity contribution in [1.29, 1.82) is 0 Å². The molecule has 6 nitrogen and oxygen atoms in total. The van der Waals surface area contributed by atoms with E-state index in [9.17, 15) is 4.79 Å². The third-order valence-corrected chi connectivity index (χ3v) is 3.36. The highest BCUT2D eigenvalue weighted by Gasteiger charge is 2.29. The topological polar surface area (TPSA) is 72.5 Å². The van der Waals surface area contributed by atoms with Gasteiger partial charge in [0, 0.05) is 12.5 Å². The summed E-state index contributed by atoms with van der Waals surface area (Å²) in [4.78, 5) is 15.8. The third-order valence-electron chi connectivity index (χ3n) is 2.49. The van der Waals surface area contributed by atoms with Crippen molar-refractivity contribution in [3.05, 3.63) is 11.1 Å². The molecule has 7 heteroatoms. The van der Waals surface area contributed by atoms with Crippen LogP contribution in [0.1, 0.15) is 5.69 Å². The highest BCUT2D eigenvalue weighted by atomic mass is 32.1. The van der Waals surface area contributed by atoms with E-state index >= 15 is 0 Å². The molecule has 17 heavy (non-hydrogen) atoms. The van der Waals surface area contributed by atoms with Crippen LogP contribution >= 0.6 is 11.3 Å². The standard InChI is InChI=1S/C10H15N3O3S/c1-6-5-17-10(11-6)13-9(14)12-7-3-16-4-8(7)15-2/h5,7-8H,3-4H2,1-2H3,(H2,11,12,13,14)/t7-,8+/m0/s1. The largest absolute Gasteiger partial charge is 0.377 e. The second kappa shape index (κ2) is 5.44. The Hall–Kier alpha value is -1.18. The third kappa shape index (κ3) is 3.15. The van der Waals surface area contributed by atoms with Gasteiger partial charge in [-0.05, 0) is 6.92 Å². The lowest BCUT2D eigenvalue weighted by atomic mass is 10.2. The van der Waals surface area contributed by atoms with Gasteiger partial charge < -0.3 is 14.8 Å². The molecular weight excluding hydrogens is 242 g/mol. The average molecular weight is 257 g/mol. The molecule has 1 fully saturated rings. The van der Waals surface area contributed by atoms with E-state index in [1.807, 2.05) is 12.3 Å². The zero-order chi connectivity index (χ0) is 12.3. The first-order valence-corrected chi connectivity index (χ1v) is 6.17. The van der Waals surface area contributed by atoms with E-state index in [0.717, 1.165) is 5.69 Å². The lowest BCUT2D eigenvalue weighted by Gasteiger charge is -2.17. The molecule has 0 radical (unpaired) electrons. The second-order valence-electron chi connectivity index (χ2n) is 3.81. The lowest BCUT2D eigenvalue weighted by Crippen LogP contribution is -2.45. The molecule has 1 aliphatic heterocycles. The van der Waals surface area contributed by atoms with Gasteiger partial charge in [-0.3, -0.25) is 5.32 Å². The van der Waals surface area contributed by atoms with Crippen LogP contribution in [-0.4, -0.2) is 43.5 Å². The Balaban J connectivity index is 1.85. The predicted molar refractivity (Wildman–Crippen MR) is 64.4 cm³/mol. The number of hydrogen-bond acceptors (Lipinski definition) is 5. The van der Waals surface area contributed by atoms with Crippen LogP contribution in [0.4, 0.5) is 9.93 Å². The fraction of sp³-hybridized carbons (Fsp3) is 0.600. The Labute approximate surface area is 103 Å². The number of carbonyl (C=O) groups excluding carboxylic acids is 1. The summed E-state index contributed by atoms with van der Waals surface area (Å²) < 4.78 is 10.4. The van der Waals surface area contributed by atoms with Gasteiger partial charge in [-0.25, -0.2) is 9.78 Å². The number of rotatable bonds is 3. The van der Waals surface area contributed by atoms with E-state index < -0.39 is 0 Å².